The highest BCUT2D eigenvalue weighted by molar-refractivity contribution is 6.12. The van der Waals surface area contributed by atoms with Crippen molar-refractivity contribution in [1.82, 2.24) is 0 Å². The standard InChI is InChI=1S/C17H12FNO2/c1-11-5-2-3-6-12(11)10-15-17(20)21-16(19-15)13-7-4-8-14(18)9-13/h2-10H,1H3. The van der Waals surface area contributed by atoms with Crippen LogP contribution < -0.4 is 0 Å². The highest BCUT2D eigenvalue weighted by atomic mass is 19.1. The van der Waals surface area contributed by atoms with E-state index in [1.807, 2.05) is 31.2 Å². The fourth-order valence-corrected chi connectivity index (χ4v) is 2.05. The second kappa shape index (κ2) is 5.32. The van der Waals surface area contributed by atoms with Crippen LogP contribution in [0.1, 0.15) is 16.7 Å². The normalized spacial score (nSPS) is 16.0. The zero-order valence-electron chi connectivity index (χ0n) is 11.3. The van der Waals surface area contributed by atoms with Crippen molar-refractivity contribution < 1.29 is 13.9 Å². The number of aliphatic imine (C=N–C) groups is 1. The van der Waals surface area contributed by atoms with E-state index in [-0.39, 0.29) is 11.6 Å². The number of hydrogen-bond acceptors (Lipinski definition) is 3. The van der Waals surface area contributed by atoms with Crippen LogP contribution in [0.3, 0.4) is 0 Å². The van der Waals surface area contributed by atoms with Gasteiger partial charge in [-0.15, -0.1) is 0 Å². The molecule has 21 heavy (non-hydrogen) atoms. The van der Waals surface area contributed by atoms with Crippen LogP contribution in [0.15, 0.2) is 59.2 Å². The van der Waals surface area contributed by atoms with E-state index in [9.17, 15) is 9.18 Å². The molecule has 0 saturated carbocycles. The second-order valence-corrected chi connectivity index (χ2v) is 4.70. The number of esters is 1. The third-order valence-corrected chi connectivity index (χ3v) is 3.17. The van der Waals surface area contributed by atoms with E-state index >= 15 is 0 Å². The number of aryl methyl sites for hydroxylation is 1. The van der Waals surface area contributed by atoms with Crippen LogP contribution in [-0.4, -0.2) is 11.9 Å². The van der Waals surface area contributed by atoms with Crippen molar-refractivity contribution in [2.75, 3.05) is 0 Å². The van der Waals surface area contributed by atoms with E-state index in [2.05, 4.69) is 4.99 Å². The van der Waals surface area contributed by atoms with Crippen molar-refractivity contribution in [2.24, 2.45) is 4.99 Å². The fraction of sp³-hybridized carbons (Fsp3) is 0.0588. The van der Waals surface area contributed by atoms with Crippen LogP contribution in [0.25, 0.3) is 6.08 Å². The largest absolute Gasteiger partial charge is 0.402 e. The highest BCUT2D eigenvalue weighted by Gasteiger charge is 2.24. The van der Waals surface area contributed by atoms with Gasteiger partial charge in [0.25, 0.3) is 0 Å². The summed E-state index contributed by atoms with van der Waals surface area (Å²) >= 11 is 0. The third-order valence-electron chi connectivity index (χ3n) is 3.17. The molecule has 1 aliphatic heterocycles. The molecule has 3 nitrogen and oxygen atoms in total. The number of nitrogens with zero attached hydrogens (tertiary/aromatic N) is 1. The lowest BCUT2D eigenvalue weighted by molar-refractivity contribution is -0.129. The Morgan fingerprint density at radius 1 is 1.14 bits per heavy atom. The first-order valence-corrected chi connectivity index (χ1v) is 6.47. The molecule has 0 amide bonds. The van der Waals surface area contributed by atoms with Gasteiger partial charge in [-0.25, -0.2) is 14.2 Å². The second-order valence-electron chi connectivity index (χ2n) is 4.70. The number of carbonyl (C=O) groups excluding carboxylic acids is 1. The fourth-order valence-electron chi connectivity index (χ4n) is 2.05. The molecule has 0 atom stereocenters. The number of ether oxygens (including phenoxy) is 1. The maximum Gasteiger partial charge on any atom is 0.363 e. The van der Waals surface area contributed by atoms with E-state index in [1.165, 1.54) is 12.1 Å². The molecule has 0 saturated heterocycles. The van der Waals surface area contributed by atoms with Gasteiger partial charge >= 0.3 is 5.97 Å². The first-order valence-electron chi connectivity index (χ1n) is 6.47. The van der Waals surface area contributed by atoms with Crippen molar-refractivity contribution in [2.45, 2.75) is 6.92 Å². The summed E-state index contributed by atoms with van der Waals surface area (Å²) in [5.41, 5.74) is 2.58. The van der Waals surface area contributed by atoms with Crippen molar-refractivity contribution >= 4 is 17.9 Å². The summed E-state index contributed by atoms with van der Waals surface area (Å²) in [5.74, 6) is -0.806. The summed E-state index contributed by atoms with van der Waals surface area (Å²) in [6, 6.07) is 13.4. The van der Waals surface area contributed by atoms with Gasteiger partial charge in [-0.05, 0) is 42.3 Å². The molecule has 1 aliphatic rings. The predicted molar refractivity (Wildman–Crippen MR) is 78.2 cm³/mol. The molecule has 0 aromatic heterocycles. The Labute approximate surface area is 121 Å². The van der Waals surface area contributed by atoms with Crippen LogP contribution in [0.2, 0.25) is 0 Å². The van der Waals surface area contributed by atoms with E-state index in [1.54, 1.807) is 18.2 Å². The lowest BCUT2D eigenvalue weighted by Gasteiger charge is -1.98. The Bertz CT molecular complexity index is 778. The van der Waals surface area contributed by atoms with Crippen LogP contribution in [-0.2, 0) is 9.53 Å². The van der Waals surface area contributed by atoms with Gasteiger partial charge in [-0.3, -0.25) is 0 Å². The van der Waals surface area contributed by atoms with E-state index in [0.717, 1.165) is 11.1 Å². The number of hydrogen-bond donors (Lipinski definition) is 0. The number of halogens is 1. The molecular formula is C17H12FNO2. The summed E-state index contributed by atoms with van der Waals surface area (Å²) in [5, 5.41) is 0. The van der Waals surface area contributed by atoms with E-state index in [0.29, 0.717) is 5.56 Å². The van der Waals surface area contributed by atoms with E-state index in [4.69, 9.17) is 4.74 Å². The van der Waals surface area contributed by atoms with Crippen LogP contribution in [0, 0.1) is 12.7 Å². The maximum absolute atomic E-state index is 13.2. The van der Waals surface area contributed by atoms with Crippen molar-refractivity contribution in [3.63, 3.8) is 0 Å². The van der Waals surface area contributed by atoms with Crippen LogP contribution in [0.4, 0.5) is 4.39 Å². The van der Waals surface area contributed by atoms with Gasteiger partial charge in [-0.2, -0.15) is 0 Å². The first-order chi connectivity index (χ1) is 10.1. The number of rotatable bonds is 2. The molecule has 0 bridgehead atoms. The van der Waals surface area contributed by atoms with Crippen molar-refractivity contribution in [1.29, 1.82) is 0 Å². The SMILES string of the molecule is Cc1ccccc1C=C1N=C(c2cccc(F)c2)OC1=O. The number of benzene rings is 2. The molecule has 0 spiro atoms. The minimum Gasteiger partial charge on any atom is -0.402 e. The van der Waals surface area contributed by atoms with Gasteiger partial charge in [0.1, 0.15) is 5.82 Å². The van der Waals surface area contributed by atoms with Crippen LogP contribution >= 0.6 is 0 Å². The summed E-state index contributed by atoms with van der Waals surface area (Å²) in [6.07, 6.45) is 1.67. The molecule has 0 unspecified atom stereocenters. The molecular weight excluding hydrogens is 269 g/mol. The van der Waals surface area contributed by atoms with Crippen LogP contribution in [0.5, 0.6) is 0 Å². The lowest BCUT2D eigenvalue weighted by atomic mass is 10.1. The molecule has 3 rings (SSSR count). The molecule has 0 aliphatic carbocycles. The Kier molecular flexibility index (Phi) is 3.36. The maximum atomic E-state index is 13.2. The Morgan fingerprint density at radius 3 is 2.71 bits per heavy atom. The average Bonchev–Trinajstić information content (AvgIpc) is 2.83. The number of carbonyl (C=O) groups is 1. The van der Waals surface area contributed by atoms with Gasteiger partial charge in [0, 0.05) is 5.56 Å². The molecule has 4 heteroatoms. The highest BCUT2D eigenvalue weighted by Crippen LogP contribution is 2.20. The topological polar surface area (TPSA) is 38.7 Å². The Morgan fingerprint density at radius 2 is 1.95 bits per heavy atom. The number of cyclic esters (lactones) is 1. The molecule has 2 aromatic carbocycles. The van der Waals surface area contributed by atoms with Crippen molar-refractivity contribution in [3.8, 4) is 0 Å². The van der Waals surface area contributed by atoms with Gasteiger partial charge in [-0.1, -0.05) is 30.3 Å². The quantitative estimate of drug-likeness (QED) is 0.624. The zero-order chi connectivity index (χ0) is 14.8. The lowest BCUT2D eigenvalue weighted by Crippen LogP contribution is -2.05. The van der Waals surface area contributed by atoms with Gasteiger partial charge in [0.15, 0.2) is 5.70 Å². The smallest absolute Gasteiger partial charge is 0.363 e. The average molecular weight is 281 g/mol. The summed E-state index contributed by atoms with van der Waals surface area (Å²) in [6.45, 7) is 1.95. The molecule has 0 N–H and O–H groups in total. The zero-order valence-corrected chi connectivity index (χ0v) is 11.3. The minimum absolute atomic E-state index is 0.124. The minimum atomic E-state index is -0.530. The molecule has 0 fully saturated rings. The monoisotopic (exact) mass is 281 g/mol. The first kappa shape index (κ1) is 13.2. The van der Waals surface area contributed by atoms with E-state index < -0.39 is 11.8 Å². The third kappa shape index (κ3) is 2.74. The Balaban J connectivity index is 1.98. The molecule has 2 aromatic rings. The van der Waals surface area contributed by atoms with Gasteiger partial charge in [0.05, 0.1) is 0 Å². The molecule has 104 valence electrons. The Hall–Kier alpha value is -2.75. The van der Waals surface area contributed by atoms with Gasteiger partial charge in [0.2, 0.25) is 5.90 Å². The summed E-state index contributed by atoms with van der Waals surface area (Å²) in [7, 11) is 0. The summed E-state index contributed by atoms with van der Waals surface area (Å²) < 4.78 is 18.3. The summed E-state index contributed by atoms with van der Waals surface area (Å²) in [4.78, 5) is 16.0. The molecule has 0 radical (unpaired) electrons. The molecule has 1 heterocycles. The predicted octanol–water partition coefficient (Wildman–Crippen LogP) is 3.48. The van der Waals surface area contributed by atoms with Gasteiger partial charge < -0.3 is 4.74 Å². The van der Waals surface area contributed by atoms with Crippen molar-refractivity contribution in [3.05, 3.63) is 76.7 Å².